The number of benzene rings is 3. The predicted octanol–water partition coefficient (Wildman–Crippen LogP) is 6.92. The van der Waals surface area contributed by atoms with Gasteiger partial charge in [0.05, 0.1) is 0 Å². The van der Waals surface area contributed by atoms with Gasteiger partial charge in [0, 0.05) is 4.90 Å². The Balaban J connectivity index is 2.13. The van der Waals surface area contributed by atoms with E-state index in [9.17, 15) is 0 Å². The quantitative estimate of drug-likeness (QED) is 0.277. The van der Waals surface area contributed by atoms with Crippen LogP contribution in [0.4, 0.5) is 0 Å². The second-order valence-electron chi connectivity index (χ2n) is 7.17. The van der Waals surface area contributed by atoms with Gasteiger partial charge in [-0.3, -0.25) is 0 Å². The van der Waals surface area contributed by atoms with Gasteiger partial charge in [-0.05, 0) is 31.8 Å². The molecule has 0 aromatic heterocycles. The molecule has 0 nitrogen and oxygen atoms in total. The van der Waals surface area contributed by atoms with Crippen molar-refractivity contribution in [2.24, 2.45) is 0 Å². The maximum atomic E-state index is 3.78. The van der Waals surface area contributed by atoms with Crippen molar-refractivity contribution in [1.82, 2.24) is 0 Å². The third kappa shape index (κ3) is 5.42. The van der Waals surface area contributed by atoms with Gasteiger partial charge >= 0.3 is 0 Å². The van der Waals surface area contributed by atoms with E-state index in [0.29, 0.717) is 0 Å². The molecule has 146 valence electrons. The van der Waals surface area contributed by atoms with Crippen LogP contribution < -0.4 is 15.9 Å². The first-order chi connectivity index (χ1) is 14.1. The topological polar surface area (TPSA) is 0 Å². The first kappa shape index (κ1) is 21.4. The number of hydrogen-bond donors (Lipinski definition) is 0. The maximum absolute atomic E-state index is 3.78. The van der Waals surface area contributed by atoms with E-state index in [0.717, 1.165) is 0 Å². The molecule has 3 rings (SSSR count). The number of allylic oxidation sites excluding steroid dienone is 4. The first-order valence-electron chi connectivity index (χ1n) is 9.85. The van der Waals surface area contributed by atoms with Crippen molar-refractivity contribution in [3.8, 4) is 0 Å². The summed E-state index contributed by atoms with van der Waals surface area (Å²) in [5.74, 6) is 2.41. The van der Waals surface area contributed by atoms with E-state index < -0.39 is 15.8 Å². The minimum Gasteiger partial charge on any atom is -0.0991 e. The molecule has 0 amide bonds. The molecule has 0 spiro atoms. The van der Waals surface area contributed by atoms with E-state index in [1.165, 1.54) is 15.9 Å². The fourth-order valence-corrected chi connectivity index (χ4v) is 10.0. The summed E-state index contributed by atoms with van der Waals surface area (Å²) >= 11 is 0. The third-order valence-corrected chi connectivity index (χ3v) is 11.3. The summed E-state index contributed by atoms with van der Waals surface area (Å²) in [4.78, 5) is 0.0766. The maximum Gasteiger partial charge on any atom is 0.0205 e. The lowest BCUT2D eigenvalue weighted by atomic mass is 10.4. The van der Waals surface area contributed by atoms with Crippen LogP contribution in [-0.4, -0.2) is 4.90 Å². The predicted molar refractivity (Wildman–Crippen MR) is 135 cm³/mol. The van der Waals surface area contributed by atoms with Crippen molar-refractivity contribution < 1.29 is 0 Å². The Morgan fingerprint density at radius 3 is 1.52 bits per heavy atom. The van der Waals surface area contributed by atoms with E-state index >= 15 is 0 Å². The molecule has 0 radical (unpaired) electrons. The lowest BCUT2D eigenvalue weighted by Crippen LogP contribution is -2.30. The first-order valence-corrected chi connectivity index (χ1v) is 12.6. The Labute approximate surface area is 178 Å². The van der Waals surface area contributed by atoms with Crippen LogP contribution in [0.25, 0.3) is 0 Å². The van der Waals surface area contributed by atoms with Crippen LogP contribution in [-0.2, 0) is 0 Å². The van der Waals surface area contributed by atoms with Crippen LogP contribution >= 0.6 is 15.8 Å². The highest BCUT2D eigenvalue weighted by Crippen LogP contribution is 2.65. The summed E-state index contributed by atoms with van der Waals surface area (Å²) in [6.45, 7) is 8.67. The van der Waals surface area contributed by atoms with Crippen LogP contribution in [0.3, 0.4) is 0 Å². The lowest BCUT2D eigenvalue weighted by Gasteiger charge is -2.41. The fraction of sp³-hybridized carbons (Fsp3) is 0.111. The van der Waals surface area contributed by atoms with Gasteiger partial charge in [-0.1, -0.05) is 142 Å². The molecule has 0 aliphatic carbocycles. The van der Waals surface area contributed by atoms with Crippen LogP contribution in [0.5, 0.6) is 0 Å². The smallest absolute Gasteiger partial charge is 0.0205 e. The minimum absolute atomic E-state index is 0.0766. The van der Waals surface area contributed by atoms with Gasteiger partial charge in [-0.15, -0.1) is 0 Å². The molecule has 1 atom stereocenters. The molecule has 29 heavy (non-hydrogen) atoms. The fourth-order valence-electron chi connectivity index (χ4n) is 3.49. The Kier molecular flexibility index (Phi) is 7.76. The zero-order chi connectivity index (χ0) is 20.5. The summed E-state index contributed by atoms with van der Waals surface area (Å²) in [7, 11) is -1.09. The lowest BCUT2D eigenvalue weighted by molar-refractivity contribution is 1.00. The molecular weight excluding hydrogens is 386 g/mol. The molecule has 3 aromatic carbocycles. The standard InChI is InChI=1S/C27H28P2/c1-4-5-6-16-23-28(24-17-10-7-11-18-24)27(2,3)29(25-19-12-8-13-20-25)26-21-14-9-15-22-26/h4-23H,1H2,2-3H3/b6-5-,23-16+. The van der Waals surface area contributed by atoms with Gasteiger partial charge in [0.25, 0.3) is 0 Å². The van der Waals surface area contributed by atoms with Gasteiger partial charge < -0.3 is 0 Å². The molecule has 3 aromatic rings. The Bertz CT molecular complexity index is 902. The van der Waals surface area contributed by atoms with Crippen molar-refractivity contribution in [2.45, 2.75) is 18.7 Å². The van der Waals surface area contributed by atoms with Crippen LogP contribution in [0.2, 0.25) is 0 Å². The van der Waals surface area contributed by atoms with Gasteiger partial charge in [-0.25, -0.2) is 0 Å². The average Bonchev–Trinajstić information content (AvgIpc) is 2.76. The molecular formula is C27H28P2. The van der Waals surface area contributed by atoms with Gasteiger partial charge in [0.2, 0.25) is 0 Å². The Morgan fingerprint density at radius 2 is 1.07 bits per heavy atom. The summed E-state index contributed by atoms with van der Waals surface area (Å²) in [5, 5.41) is 4.27. The monoisotopic (exact) mass is 414 g/mol. The summed E-state index contributed by atoms with van der Waals surface area (Å²) in [6.07, 6.45) is 8.07. The number of hydrogen-bond acceptors (Lipinski definition) is 0. The molecule has 0 saturated carbocycles. The largest absolute Gasteiger partial charge is 0.0991 e. The molecule has 0 fully saturated rings. The molecule has 0 bridgehead atoms. The Hall–Kier alpha value is -2.26. The van der Waals surface area contributed by atoms with Crippen molar-refractivity contribution in [3.63, 3.8) is 0 Å². The summed E-state index contributed by atoms with van der Waals surface area (Å²) in [6, 6.07) is 33.0. The van der Waals surface area contributed by atoms with Crippen LogP contribution in [0, 0.1) is 0 Å². The zero-order valence-corrected chi connectivity index (χ0v) is 18.9. The van der Waals surface area contributed by atoms with E-state index in [2.05, 4.69) is 129 Å². The van der Waals surface area contributed by atoms with E-state index in [4.69, 9.17) is 0 Å². The van der Waals surface area contributed by atoms with Gasteiger partial charge in [0.1, 0.15) is 0 Å². The molecule has 0 N–H and O–H groups in total. The molecule has 0 aliphatic heterocycles. The third-order valence-electron chi connectivity index (χ3n) is 4.79. The highest BCUT2D eigenvalue weighted by atomic mass is 31.2. The van der Waals surface area contributed by atoms with E-state index in [1.54, 1.807) is 0 Å². The average molecular weight is 414 g/mol. The molecule has 2 heteroatoms. The van der Waals surface area contributed by atoms with Crippen LogP contribution in [0.15, 0.2) is 128 Å². The van der Waals surface area contributed by atoms with Crippen LogP contribution in [0.1, 0.15) is 13.8 Å². The van der Waals surface area contributed by atoms with E-state index in [-0.39, 0.29) is 4.90 Å². The minimum atomic E-state index is -0.548. The van der Waals surface area contributed by atoms with Gasteiger partial charge in [0.15, 0.2) is 0 Å². The van der Waals surface area contributed by atoms with Crippen molar-refractivity contribution in [2.75, 3.05) is 0 Å². The molecule has 0 saturated heterocycles. The second kappa shape index (κ2) is 10.5. The van der Waals surface area contributed by atoms with Gasteiger partial charge in [-0.2, -0.15) is 0 Å². The molecule has 0 heterocycles. The van der Waals surface area contributed by atoms with Crippen molar-refractivity contribution >= 4 is 31.8 Å². The number of rotatable bonds is 8. The van der Waals surface area contributed by atoms with Crippen molar-refractivity contribution in [3.05, 3.63) is 128 Å². The summed E-state index contributed by atoms with van der Waals surface area (Å²) < 4.78 is 0. The normalized spacial score (nSPS) is 13.2. The Morgan fingerprint density at radius 1 is 0.621 bits per heavy atom. The summed E-state index contributed by atoms with van der Waals surface area (Å²) in [5.41, 5.74) is 0. The van der Waals surface area contributed by atoms with E-state index in [1.807, 2.05) is 12.2 Å². The second-order valence-corrected chi connectivity index (χ2v) is 13.0. The van der Waals surface area contributed by atoms with Crippen molar-refractivity contribution in [1.29, 1.82) is 0 Å². The molecule has 0 aliphatic rings. The highest BCUT2D eigenvalue weighted by molar-refractivity contribution is 7.89. The SMILES string of the molecule is C=C/C=C\C=C\P(c1ccccc1)C(C)(C)P(c1ccccc1)c1ccccc1. The highest BCUT2D eigenvalue weighted by Gasteiger charge is 2.38. The zero-order valence-electron chi connectivity index (χ0n) is 17.1. The molecule has 1 unspecified atom stereocenters.